The molecule has 7 fully saturated rings. The van der Waals surface area contributed by atoms with Crippen LogP contribution in [-0.4, -0.2) is 229 Å². The maximum atomic E-state index is 13.2. The lowest BCUT2D eigenvalue weighted by atomic mass is 10.0. The van der Waals surface area contributed by atoms with Crippen LogP contribution in [0.4, 0.5) is 28.4 Å². The predicted octanol–water partition coefficient (Wildman–Crippen LogP) is 19.3. The lowest BCUT2D eigenvalue weighted by molar-refractivity contribution is -0.117. The van der Waals surface area contributed by atoms with Crippen molar-refractivity contribution in [2.24, 2.45) is 5.92 Å². The molecule has 0 spiro atoms. The summed E-state index contributed by atoms with van der Waals surface area (Å²) in [7, 11) is 0. The fourth-order valence-corrected chi connectivity index (χ4v) is 20.1. The molecule has 34 heteroatoms. The van der Waals surface area contributed by atoms with Gasteiger partial charge in [-0.05, 0) is 316 Å². The van der Waals surface area contributed by atoms with E-state index in [1.54, 1.807) is 49.6 Å². The van der Waals surface area contributed by atoms with Gasteiger partial charge in [0, 0.05) is 139 Å². The molecule has 6 saturated heterocycles. The van der Waals surface area contributed by atoms with Crippen LogP contribution in [0.3, 0.4) is 0 Å². The van der Waals surface area contributed by atoms with Gasteiger partial charge in [0.15, 0.2) is 22.8 Å². The monoisotopic (exact) mass is 2010 g/mol. The standard InChI is InChI=1S/C30H35N7O2.C30H28N6O2.C28H29N7O2.C28H31N7O/c38-26-8-12-37(13-9-26)19-21-14-23(17-31-16-21)22-4-7-28-27(15-22)29(35-34-28)30(39)33-24-5-6-25(32-18-24)20-36-10-2-1-3-11-36;37-30(33-23-10-11-24(32-18-23)20-36-13-5-2-6-14-36)29-27-16-21(9-12-28(27)34-35-29)22-15-26(19-31-17-22)38-25-7-3-1-4-8-25;36-27(18-4-5-18)32-23-12-20(14-29-15-23)19-6-9-25-24(13-19)26(34-33-25)28(37)31-21-7-8-22(30-16-21)17-35-10-2-1-3-11-35;36-28(31-23-6-7-24(30-17-23)19-35-9-2-1-3-10-35)27-25-14-21(5-8-26(25)32-33-27)22-13-20(15-29-16-22)18-34-11-4-12-34/h4-7,14-18,26,38H,1-3,8-13,19-20H2,(H,33,39)(H,34,35);1,3-4,7-12,15-19H,2,5-6,13-14,20H2,(H,33,37)(H,34,35);6-9,12-16,18H,1-5,10-11,17H2,(H,31,37)(H,32,36)(H,33,34);5-8,13-17H,1-4,9-12,18-19H2,(H,31,36)(H,32,33). The number of aliphatic hydroxyl groups excluding tert-OH is 1. The van der Waals surface area contributed by atoms with Crippen molar-refractivity contribution < 1.29 is 33.8 Å². The number of nitrogens with one attached hydrogen (secondary N) is 9. The first-order valence-electron chi connectivity index (χ1n) is 52.5. The Morgan fingerprint density at radius 1 is 0.280 bits per heavy atom. The number of hydrogen-bond donors (Lipinski definition) is 10. The summed E-state index contributed by atoms with van der Waals surface area (Å²) in [5.41, 5.74) is 21.6. The highest BCUT2D eigenvalue weighted by Crippen LogP contribution is 2.37. The number of amides is 5. The zero-order valence-electron chi connectivity index (χ0n) is 84.0. The van der Waals surface area contributed by atoms with Gasteiger partial charge in [-0.3, -0.25) is 114 Å². The van der Waals surface area contributed by atoms with E-state index in [-0.39, 0.29) is 41.6 Å². The molecular formula is C116H123N27O7. The van der Waals surface area contributed by atoms with E-state index in [1.165, 1.54) is 89.0 Å². The molecule has 18 heterocycles. The topological polar surface area (TPSA) is 412 Å². The summed E-state index contributed by atoms with van der Waals surface area (Å²) in [6.07, 6.45) is 41.1. The quantitative estimate of drug-likeness (QED) is 0.0218. The van der Waals surface area contributed by atoms with Crippen LogP contribution < -0.4 is 31.3 Å². The number of benzene rings is 5. The van der Waals surface area contributed by atoms with E-state index in [1.807, 2.05) is 189 Å². The van der Waals surface area contributed by atoms with Crippen LogP contribution >= 0.6 is 0 Å². The molecule has 17 aromatic rings. The summed E-state index contributed by atoms with van der Waals surface area (Å²) in [4.78, 5) is 115. The second kappa shape index (κ2) is 47.9. The maximum absolute atomic E-state index is 13.2. The number of fused-ring (bicyclic) bond motifs is 4. The number of aromatic amines is 4. The van der Waals surface area contributed by atoms with Gasteiger partial charge in [-0.1, -0.05) is 68.1 Å². The van der Waals surface area contributed by atoms with Gasteiger partial charge in [0.05, 0.1) is 117 Å². The van der Waals surface area contributed by atoms with Crippen LogP contribution in [0.15, 0.2) is 250 Å². The number of carbonyl (C=O) groups excluding carboxylic acids is 5. The van der Waals surface area contributed by atoms with Crippen molar-refractivity contribution in [1.82, 2.24) is 110 Å². The number of nitrogens with zero attached hydrogens (tertiary/aromatic N) is 18. The van der Waals surface area contributed by atoms with Gasteiger partial charge in [0.25, 0.3) is 23.6 Å². The molecule has 1 saturated carbocycles. The Bertz CT molecular complexity index is 7530. The van der Waals surface area contributed by atoms with Crippen molar-refractivity contribution >= 4 is 102 Å². The number of likely N-dealkylation sites (tertiary alicyclic amines) is 6. The zero-order valence-corrected chi connectivity index (χ0v) is 84.0. The van der Waals surface area contributed by atoms with Gasteiger partial charge in [0.1, 0.15) is 11.5 Å². The molecule has 5 amide bonds. The number of anilines is 5. The molecule has 0 bridgehead atoms. The zero-order chi connectivity index (χ0) is 102. The largest absolute Gasteiger partial charge is 0.456 e. The van der Waals surface area contributed by atoms with Crippen LogP contribution in [0.1, 0.15) is 185 Å². The number of hydrogen-bond acceptors (Lipinski definition) is 25. The number of carbonyl (C=O) groups is 5. The second-order valence-electron chi connectivity index (χ2n) is 40.0. The third-order valence-corrected chi connectivity index (χ3v) is 28.7. The van der Waals surface area contributed by atoms with Gasteiger partial charge >= 0.3 is 0 Å². The van der Waals surface area contributed by atoms with Crippen molar-refractivity contribution in [2.45, 2.75) is 155 Å². The lowest BCUT2D eigenvalue weighted by Gasteiger charge is -2.30. The van der Waals surface area contributed by atoms with Crippen LogP contribution in [-0.2, 0) is 44.1 Å². The number of ether oxygens (including phenoxy) is 1. The molecular weight excluding hydrogens is 1880 g/mol. The highest BCUT2D eigenvalue weighted by molar-refractivity contribution is 6.15. The molecule has 5 aromatic carbocycles. The number of pyridine rings is 8. The van der Waals surface area contributed by atoms with Crippen LogP contribution in [0.2, 0.25) is 0 Å². The Hall–Kier alpha value is -16.0. The average Bonchev–Trinajstić information content (AvgIpc) is 1.63. The molecule has 7 aliphatic rings. The number of H-pyrrole nitrogens is 4. The Morgan fingerprint density at radius 3 is 0.933 bits per heavy atom. The highest BCUT2D eigenvalue weighted by atomic mass is 16.5. The van der Waals surface area contributed by atoms with E-state index in [9.17, 15) is 29.1 Å². The van der Waals surface area contributed by atoms with E-state index in [2.05, 4.69) is 149 Å². The normalized spacial score (nSPS) is 16.0. The predicted molar refractivity (Wildman–Crippen MR) is 581 cm³/mol. The summed E-state index contributed by atoms with van der Waals surface area (Å²) in [6, 6.07) is 56.8. The summed E-state index contributed by atoms with van der Waals surface area (Å²) in [6.45, 7) is 18.2. The molecule has 6 aliphatic heterocycles. The molecule has 34 nitrogen and oxygen atoms in total. The van der Waals surface area contributed by atoms with Gasteiger partial charge in [0.2, 0.25) is 5.91 Å². The fraction of sp³-hybridized carbons (Fsp3) is 0.319. The van der Waals surface area contributed by atoms with E-state index >= 15 is 0 Å². The van der Waals surface area contributed by atoms with Crippen molar-refractivity contribution in [2.75, 3.05) is 105 Å². The highest BCUT2D eigenvalue weighted by Gasteiger charge is 2.31. The average molecular weight is 2010 g/mol. The molecule has 0 radical (unpaired) electrons. The maximum Gasteiger partial charge on any atom is 0.276 e. The first kappa shape index (κ1) is 100.0. The third kappa shape index (κ3) is 26.1. The molecule has 0 atom stereocenters. The van der Waals surface area contributed by atoms with E-state index < -0.39 is 0 Å². The second-order valence-corrected chi connectivity index (χ2v) is 40.0. The van der Waals surface area contributed by atoms with Crippen molar-refractivity contribution in [3.05, 3.63) is 307 Å². The minimum absolute atomic E-state index is 0.0391. The summed E-state index contributed by atoms with van der Waals surface area (Å²) in [5, 5.41) is 56.5. The minimum Gasteiger partial charge on any atom is -0.456 e. The van der Waals surface area contributed by atoms with E-state index in [0.717, 1.165) is 260 Å². The summed E-state index contributed by atoms with van der Waals surface area (Å²) in [5.74, 6) is 0.401. The van der Waals surface area contributed by atoms with Crippen LogP contribution in [0.25, 0.3) is 88.1 Å². The fourth-order valence-electron chi connectivity index (χ4n) is 20.1. The smallest absolute Gasteiger partial charge is 0.276 e. The molecule has 764 valence electrons. The molecule has 10 N–H and O–H groups in total. The molecule has 12 aromatic heterocycles. The Kier molecular flexibility index (Phi) is 31.9. The minimum atomic E-state index is -0.308. The van der Waals surface area contributed by atoms with E-state index in [4.69, 9.17) is 4.74 Å². The summed E-state index contributed by atoms with van der Waals surface area (Å²) >= 11 is 0. The Morgan fingerprint density at radius 2 is 0.600 bits per heavy atom. The molecule has 1 aliphatic carbocycles. The van der Waals surface area contributed by atoms with Gasteiger partial charge in [-0.25, -0.2) is 0 Å². The van der Waals surface area contributed by atoms with Crippen molar-refractivity contribution in [3.8, 4) is 56.0 Å². The Balaban J connectivity index is 0.000000117. The first-order valence-corrected chi connectivity index (χ1v) is 52.5. The van der Waals surface area contributed by atoms with Crippen LogP contribution in [0.5, 0.6) is 11.5 Å². The molecule has 24 rings (SSSR count). The third-order valence-electron chi connectivity index (χ3n) is 28.7. The van der Waals surface area contributed by atoms with Crippen molar-refractivity contribution in [1.29, 1.82) is 0 Å². The lowest BCUT2D eigenvalue weighted by Crippen LogP contribution is -2.36. The van der Waals surface area contributed by atoms with Gasteiger partial charge < -0.3 is 36.4 Å². The number of aliphatic hydroxyl groups is 1. The Labute approximate surface area is 869 Å². The number of para-hydroxylation sites is 1. The van der Waals surface area contributed by atoms with Crippen molar-refractivity contribution in [3.63, 3.8) is 0 Å². The number of rotatable bonds is 28. The SMILES string of the molecule is O=C(Nc1ccc(CN2CCCCC2)nc1)c1n[nH]c2ccc(-c3cncc(CN4CCC(O)CC4)c3)cc12.O=C(Nc1ccc(CN2CCCCC2)nc1)c1n[nH]c2ccc(-c3cncc(CN4CCC4)c3)cc12.O=C(Nc1ccc(CN2CCCCC2)nc1)c1n[nH]c2ccc(-c3cncc(NC(=O)C4CC4)c3)cc12.O=C(Nc1ccc(CN2CCCCC2)nc1)c1n[nH]c2ccc(-c3cncc(Oc4ccccc4)c3)cc12. The van der Waals surface area contributed by atoms with Gasteiger partial charge in [-0.15, -0.1) is 0 Å². The van der Waals surface area contributed by atoms with E-state index in [0.29, 0.717) is 62.3 Å². The molecule has 0 unspecified atom stereocenters. The first-order chi connectivity index (χ1) is 73.6. The summed E-state index contributed by atoms with van der Waals surface area (Å²) < 4.78 is 5.94. The number of aromatic nitrogens is 16. The number of piperidine rings is 5. The van der Waals surface area contributed by atoms with Gasteiger partial charge in [-0.2, -0.15) is 20.4 Å². The van der Waals surface area contributed by atoms with Crippen LogP contribution in [0, 0.1) is 5.92 Å². The molecule has 150 heavy (non-hydrogen) atoms.